The van der Waals surface area contributed by atoms with Crippen LogP contribution in [0.4, 0.5) is 5.69 Å². The number of anilines is 1. The van der Waals surface area contributed by atoms with Crippen molar-refractivity contribution in [2.45, 2.75) is 36.1 Å². The van der Waals surface area contributed by atoms with Crippen molar-refractivity contribution in [2.75, 3.05) is 5.32 Å². The number of carbonyl (C=O) groups is 1. The number of thioether (sulfide) groups is 1. The average Bonchev–Trinajstić information content (AvgIpc) is 3.46. The molecular weight excluding hydrogens is 415 g/mol. The van der Waals surface area contributed by atoms with Crippen LogP contribution in [0.1, 0.15) is 31.5 Å². The zero-order valence-corrected chi connectivity index (χ0v) is 17.4. The number of hydrogen-bond acceptors (Lipinski definition) is 4. The Kier molecular flexibility index (Phi) is 5.62. The van der Waals surface area contributed by atoms with Gasteiger partial charge in [-0.3, -0.25) is 4.79 Å². The molecule has 0 unspecified atom stereocenters. The fraction of sp³-hybridized carbons (Fsp3) is 0.250. The molecule has 0 radical (unpaired) electrons. The van der Waals surface area contributed by atoms with Crippen molar-refractivity contribution in [2.24, 2.45) is 0 Å². The van der Waals surface area contributed by atoms with E-state index in [0.717, 1.165) is 24.4 Å². The van der Waals surface area contributed by atoms with E-state index in [-0.39, 0.29) is 5.91 Å². The fourth-order valence-corrected chi connectivity index (χ4v) is 3.87. The summed E-state index contributed by atoms with van der Waals surface area (Å²) in [5, 5.41) is 8.39. The Morgan fingerprint density at radius 1 is 1.18 bits per heavy atom. The highest BCUT2D eigenvalue weighted by Gasteiger charge is 2.31. The lowest BCUT2D eigenvalue weighted by Gasteiger charge is -2.11. The number of carbonyl (C=O) groups excluding carboxylic acids is 1. The van der Waals surface area contributed by atoms with Gasteiger partial charge < -0.3 is 5.32 Å². The van der Waals surface area contributed by atoms with Gasteiger partial charge in [0.25, 0.3) is 0 Å². The van der Waals surface area contributed by atoms with Crippen LogP contribution < -0.4 is 5.32 Å². The van der Waals surface area contributed by atoms with Gasteiger partial charge in [0, 0.05) is 5.92 Å². The Morgan fingerprint density at radius 3 is 2.64 bits per heavy atom. The van der Waals surface area contributed by atoms with E-state index in [1.165, 1.54) is 11.8 Å². The summed E-state index contributed by atoms with van der Waals surface area (Å²) in [7, 11) is 0. The minimum atomic E-state index is -0.395. The van der Waals surface area contributed by atoms with Crippen LogP contribution in [-0.4, -0.2) is 25.9 Å². The van der Waals surface area contributed by atoms with Crippen LogP contribution in [-0.2, 0) is 4.79 Å². The molecule has 3 aromatic rings. The van der Waals surface area contributed by atoms with Crippen LogP contribution in [0.3, 0.4) is 0 Å². The number of hydrogen-bond donors (Lipinski definition) is 1. The number of nitrogens with zero attached hydrogens (tertiary/aromatic N) is 3. The van der Waals surface area contributed by atoms with E-state index < -0.39 is 5.25 Å². The number of para-hydroxylation sites is 1. The molecule has 1 N–H and O–H groups in total. The van der Waals surface area contributed by atoms with Crippen LogP contribution in [0, 0.1) is 0 Å². The first kappa shape index (κ1) is 19.3. The second-order valence-corrected chi connectivity index (χ2v) is 8.72. The van der Waals surface area contributed by atoms with Crippen molar-refractivity contribution < 1.29 is 4.79 Å². The minimum absolute atomic E-state index is 0.182. The smallest absolute Gasteiger partial charge is 0.237 e. The second-order valence-electron chi connectivity index (χ2n) is 6.62. The summed E-state index contributed by atoms with van der Waals surface area (Å²) >= 11 is 13.5. The predicted molar refractivity (Wildman–Crippen MR) is 114 cm³/mol. The van der Waals surface area contributed by atoms with E-state index in [1.807, 2.05) is 41.9 Å². The maximum absolute atomic E-state index is 12.6. The summed E-state index contributed by atoms with van der Waals surface area (Å²) in [5.41, 5.74) is 1.47. The van der Waals surface area contributed by atoms with E-state index in [0.29, 0.717) is 26.8 Å². The molecule has 1 fully saturated rings. The number of amides is 1. The van der Waals surface area contributed by atoms with Gasteiger partial charge in [0.1, 0.15) is 5.82 Å². The first-order chi connectivity index (χ1) is 13.5. The third-order valence-electron chi connectivity index (χ3n) is 4.42. The minimum Gasteiger partial charge on any atom is -0.324 e. The topological polar surface area (TPSA) is 59.8 Å². The highest BCUT2D eigenvalue weighted by molar-refractivity contribution is 8.00. The van der Waals surface area contributed by atoms with E-state index in [4.69, 9.17) is 28.2 Å². The SMILES string of the molecule is C[C@@H](Sc1nc(C2CC2)n(-c2ccccc2)n1)C(=O)Nc1cccc(Cl)c1Cl. The molecule has 1 atom stereocenters. The highest BCUT2D eigenvalue weighted by Crippen LogP contribution is 2.40. The van der Waals surface area contributed by atoms with E-state index >= 15 is 0 Å². The zero-order chi connectivity index (χ0) is 19.7. The zero-order valence-electron chi connectivity index (χ0n) is 15.1. The van der Waals surface area contributed by atoms with Crippen molar-refractivity contribution in [3.63, 3.8) is 0 Å². The molecule has 1 aromatic heterocycles. The third-order valence-corrected chi connectivity index (χ3v) is 6.19. The summed E-state index contributed by atoms with van der Waals surface area (Å²) in [6.07, 6.45) is 2.25. The van der Waals surface area contributed by atoms with Crippen molar-refractivity contribution in [1.29, 1.82) is 0 Å². The Balaban J connectivity index is 1.51. The summed E-state index contributed by atoms with van der Waals surface area (Å²) < 4.78 is 1.89. The molecule has 0 spiro atoms. The Bertz CT molecular complexity index is 1000. The monoisotopic (exact) mass is 432 g/mol. The maximum Gasteiger partial charge on any atom is 0.237 e. The van der Waals surface area contributed by atoms with Crippen LogP contribution in [0.25, 0.3) is 5.69 Å². The fourth-order valence-electron chi connectivity index (χ4n) is 2.77. The summed E-state index contributed by atoms with van der Waals surface area (Å²) in [4.78, 5) is 17.3. The summed E-state index contributed by atoms with van der Waals surface area (Å²) in [6, 6.07) is 15.1. The number of halogens is 2. The maximum atomic E-state index is 12.6. The second kappa shape index (κ2) is 8.15. The van der Waals surface area contributed by atoms with Crippen molar-refractivity contribution >= 4 is 46.6 Å². The molecule has 2 aromatic carbocycles. The van der Waals surface area contributed by atoms with Crippen molar-refractivity contribution in [3.8, 4) is 5.69 Å². The van der Waals surface area contributed by atoms with Gasteiger partial charge in [-0.15, -0.1) is 5.10 Å². The molecule has 144 valence electrons. The van der Waals surface area contributed by atoms with Gasteiger partial charge in [-0.2, -0.15) is 0 Å². The van der Waals surface area contributed by atoms with Gasteiger partial charge in [-0.1, -0.05) is 59.2 Å². The van der Waals surface area contributed by atoms with Gasteiger partial charge >= 0.3 is 0 Å². The number of rotatable bonds is 6. The lowest BCUT2D eigenvalue weighted by molar-refractivity contribution is -0.115. The molecule has 8 heteroatoms. The van der Waals surface area contributed by atoms with Crippen LogP contribution in [0.5, 0.6) is 0 Å². The quantitative estimate of drug-likeness (QED) is 0.517. The number of benzene rings is 2. The first-order valence-electron chi connectivity index (χ1n) is 8.97. The van der Waals surface area contributed by atoms with Crippen molar-refractivity contribution in [3.05, 3.63) is 64.4 Å². The largest absolute Gasteiger partial charge is 0.324 e. The molecule has 1 saturated carbocycles. The third kappa shape index (κ3) is 4.19. The molecule has 5 nitrogen and oxygen atoms in total. The molecular formula is C20H18Cl2N4OS. The molecule has 28 heavy (non-hydrogen) atoms. The number of nitrogens with one attached hydrogen (secondary N) is 1. The molecule has 1 aliphatic rings. The van der Waals surface area contributed by atoms with E-state index in [9.17, 15) is 4.79 Å². The molecule has 0 bridgehead atoms. The number of aromatic nitrogens is 3. The van der Waals surface area contributed by atoms with Gasteiger partial charge in [0.15, 0.2) is 0 Å². The highest BCUT2D eigenvalue weighted by atomic mass is 35.5. The summed E-state index contributed by atoms with van der Waals surface area (Å²) in [6.45, 7) is 1.82. The first-order valence-corrected chi connectivity index (χ1v) is 10.6. The van der Waals surface area contributed by atoms with E-state index in [1.54, 1.807) is 18.2 Å². The lowest BCUT2D eigenvalue weighted by atomic mass is 10.3. The average molecular weight is 433 g/mol. The Hall–Kier alpha value is -2.02. The predicted octanol–water partition coefficient (Wildman–Crippen LogP) is 5.57. The standard InChI is InChI=1S/C20H18Cl2N4OS/c1-12(19(27)23-16-9-5-8-15(21)17(16)22)28-20-24-18(13-10-11-13)26(25-20)14-6-3-2-4-7-14/h2-9,12-13H,10-11H2,1H3,(H,23,27)/t12-/m1/s1. The van der Waals surface area contributed by atoms with Gasteiger partial charge in [-0.25, -0.2) is 9.67 Å². The molecule has 1 heterocycles. The molecule has 0 saturated heterocycles. The normalized spacial score (nSPS) is 14.7. The van der Waals surface area contributed by atoms with Crippen LogP contribution in [0.2, 0.25) is 10.0 Å². The Morgan fingerprint density at radius 2 is 1.93 bits per heavy atom. The Labute approximate surface area is 177 Å². The molecule has 1 aliphatic carbocycles. The van der Waals surface area contributed by atoms with Crippen LogP contribution in [0.15, 0.2) is 53.7 Å². The van der Waals surface area contributed by atoms with E-state index in [2.05, 4.69) is 10.4 Å². The summed E-state index contributed by atoms with van der Waals surface area (Å²) in [5.74, 6) is 1.22. The lowest BCUT2D eigenvalue weighted by Crippen LogP contribution is -2.22. The van der Waals surface area contributed by atoms with Crippen LogP contribution >= 0.6 is 35.0 Å². The molecule has 0 aliphatic heterocycles. The van der Waals surface area contributed by atoms with Gasteiger partial charge in [0.05, 0.1) is 26.7 Å². The van der Waals surface area contributed by atoms with Crippen molar-refractivity contribution in [1.82, 2.24) is 14.8 Å². The van der Waals surface area contributed by atoms with Gasteiger partial charge in [0.2, 0.25) is 11.1 Å². The molecule has 1 amide bonds. The molecule has 4 rings (SSSR count). The van der Waals surface area contributed by atoms with Gasteiger partial charge in [-0.05, 0) is 44.0 Å².